The first-order valence-corrected chi connectivity index (χ1v) is 8.97. The highest BCUT2D eigenvalue weighted by Crippen LogP contribution is 2.27. The lowest BCUT2D eigenvalue weighted by Crippen LogP contribution is -2.49. The maximum Gasteiger partial charge on any atom is 0.254 e. The molecule has 1 aliphatic rings. The summed E-state index contributed by atoms with van der Waals surface area (Å²) in [6, 6.07) is 20.7. The Bertz CT molecular complexity index is 1000. The average Bonchev–Trinajstić information content (AvgIpc) is 2.73. The van der Waals surface area contributed by atoms with Crippen LogP contribution in [0.5, 0.6) is 0 Å². The number of carbonyl (C=O) groups excluding carboxylic acids is 2. The molecule has 0 aromatic heterocycles. The molecule has 0 radical (unpaired) electrons. The molecule has 1 aliphatic heterocycles. The van der Waals surface area contributed by atoms with Gasteiger partial charge in [0, 0.05) is 48.4 Å². The summed E-state index contributed by atoms with van der Waals surface area (Å²) in [5, 5.41) is 13.7. The fourth-order valence-corrected chi connectivity index (χ4v) is 3.65. The summed E-state index contributed by atoms with van der Waals surface area (Å²) in [6.07, 6.45) is 0. The van der Waals surface area contributed by atoms with Gasteiger partial charge in [-0.1, -0.05) is 54.6 Å². The van der Waals surface area contributed by atoms with Crippen LogP contribution in [0.2, 0.25) is 0 Å². The van der Waals surface area contributed by atoms with Crippen LogP contribution in [-0.2, 0) is 0 Å². The van der Waals surface area contributed by atoms with Crippen molar-refractivity contribution in [3.63, 3.8) is 0 Å². The molecule has 1 heterocycles. The SMILES string of the molecule is O=C([O-])c1ccccc1C(=O)N1CCN(c2cccc3ccccc23)CC1. The van der Waals surface area contributed by atoms with Crippen LogP contribution in [0.3, 0.4) is 0 Å². The van der Waals surface area contributed by atoms with Gasteiger partial charge in [0.15, 0.2) is 0 Å². The number of nitrogens with zero attached hydrogens (tertiary/aromatic N) is 2. The number of anilines is 1. The summed E-state index contributed by atoms with van der Waals surface area (Å²) < 4.78 is 0. The number of hydrogen-bond acceptors (Lipinski definition) is 4. The maximum absolute atomic E-state index is 12.8. The molecule has 1 amide bonds. The predicted molar refractivity (Wildman–Crippen MR) is 103 cm³/mol. The van der Waals surface area contributed by atoms with E-state index in [-0.39, 0.29) is 17.0 Å². The second-order valence-electron chi connectivity index (χ2n) is 6.61. The van der Waals surface area contributed by atoms with Gasteiger partial charge in [0.2, 0.25) is 0 Å². The molecule has 0 N–H and O–H groups in total. The van der Waals surface area contributed by atoms with Crippen LogP contribution in [0.4, 0.5) is 5.69 Å². The standard InChI is InChI=1S/C22H20N2O3/c25-21(18-9-3-4-10-19(18)22(26)27)24-14-12-23(13-15-24)20-11-5-7-16-6-1-2-8-17(16)20/h1-11H,12-15H2,(H,26,27)/p-1. The van der Waals surface area contributed by atoms with E-state index in [0.717, 1.165) is 5.69 Å². The van der Waals surface area contributed by atoms with Gasteiger partial charge in [-0.15, -0.1) is 0 Å². The third-order valence-electron chi connectivity index (χ3n) is 5.05. The fraction of sp³-hybridized carbons (Fsp3) is 0.182. The number of carboxylic acids is 1. The summed E-state index contributed by atoms with van der Waals surface area (Å²) >= 11 is 0. The van der Waals surface area contributed by atoms with Gasteiger partial charge in [-0.3, -0.25) is 4.79 Å². The second kappa shape index (κ2) is 7.11. The van der Waals surface area contributed by atoms with Crippen LogP contribution in [0.1, 0.15) is 20.7 Å². The van der Waals surface area contributed by atoms with Crippen LogP contribution in [-0.4, -0.2) is 43.0 Å². The van der Waals surface area contributed by atoms with Gasteiger partial charge < -0.3 is 19.7 Å². The van der Waals surface area contributed by atoms with Crippen molar-refractivity contribution in [3.05, 3.63) is 77.9 Å². The normalized spacial score (nSPS) is 14.4. The van der Waals surface area contributed by atoms with E-state index in [1.807, 2.05) is 18.2 Å². The van der Waals surface area contributed by atoms with Crippen molar-refractivity contribution in [2.24, 2.45) is 0 Å². The molecule has 0 unspecified atom stereocenters. The first-order chi connectivity index (χ1) is 13.1. The van der Waals surface area contributed by atoms with E-state index in [1.54, 1.807) is 23.1 Å². The molecule has 0 spiro atoms. The van der Waals surface area contributed by atoms with Crippen LogP contribution >= 0.6 is 0 Å². The lowest BCUT2D eigenvalue weighted by molar-refractivity contribution is -0.255. The minimum atomic E-state index is -1.33. The van der Waals surface area contributed by atoms with Crippen LogP contribution in [0.15, 0.2) is 66.7 Å². The Kier molecular flexibility index (Phi) is 4.50. The molecule has 0 aliphatic carbocycles. The van der Waals surface area contributed by atoms with Crippen LogP contribution in [0.25, 0.3) is 10.8 Å². The molecule has 0 saturated carbocycles. The molecule has 3 aromatic carbocycles. The second-order valence-corrected chi connectivity index (χ2v) is 6.61. The molecule has 5 nitrogen and oxygen atoms in total. The average molecular weight is 359 g/mol. The van der Waals surface area contributed by atoms with Crippen molar-refractivity contribution in [2.75, 3.05) is 31.1 Å². The van der Waals surface area contributed by atoms with Crippen molar-refractivity contribution in [3.8, 4) is 0 Å². The molecular formula is C22H19N2O3-. The van der Waals surface area contributed by atoms with Gasteiger partial charge in [0.25, 0.3) is 5.91 Å². The topological polar surface area (TPSA) is 63.7 Å². The van der Waals surface area contributed by atoms with E-state index in [1.165, 1.54) is 16.8 Å². The largest absolute Gasteiger partial charge is 0.545 e. The number of piperazine rings is 1. The molecular weight excluding hydrogens is 340 g/mol. The van der Waals surface area contributed by atoms with Gasteiger partial charge in [-0.05, 0) is 17.5 Å². The van der Waals surface area contributed by atoms with Crippen molar-refractivity contribution in [1.82, 2.24) is 4.90 Å². The fourth-order valence-electron chi connectivity index (χ4n) is 3.65. The van der Waals surface area contributed by atoms with Crippen LogP contribution in [0, 0.1) is 0 Å². The van der Waals surface area contributed by atoms with Crippen molar-refractivity contribution in [1.29, 1.82) is 0 Å². The van der Waals surface area contributed by atoms with Gasteiger partial charge in [0.1, 0.15) is 0 Å². The highest BCUT2D eigenvalue weighted by atomic mass is 16.4. The molecule has 1 fully saturated rings. The lowest BCUT2D eigenvalue weighted by Gasteiger charge is -2.37. The third-order valence-corrected chi connectivity index (χ3v) is 5.05. The molecule has 0 atom stereocenters. The summed E-state index contributed by atoms with van der Waals surface area (Å²) in [4.78, 5) is 28.1. The summed E-state index contributed by atoms with van der Waals surface area (Å²) in [5.41, 5.74) is 1.30. The van der Waals surface area contributed by atoms with E-state index in [9.17, 15) is 14.7 Å². The highest BCUT2D eigenvalue weighted by molar-refractivity contribution is 6.04. The number of aromatic carboxylic acids is 1. The van der Waals surface area contributed by atoms with Crippen LogP contribution < -0.4 is 10.0 Å². The number of amides is 1. The number of fused-ring (bicyclic) bond motifs is 1. The number of rotatable bonds is 3. The number of carboxylic acid groups (broad SMARTS) is 1. The summed E-state index contributed by atoms with van der Waals surface area (Å²) in [7, 11) is 0. The van der Waals surface area contributed by atoms with E-state index < -0.39 is 5.97 Å². The van der Waals surface area contributed by atoms with E-state index in [2.05, 4.69) is 29.2 Å². The first kappa shape index (κ1) is 17.1. The molecule has 27 heavy (non-hydrogen) atoms. The molecule has 1 saturated heterocycles. The van der Waals surface area contributed by atoms with Crippen molar-refractivity contribution in [2.45, 2.75) is 0 Å². The van der Waals surface area contributed by atoms with Crippen molar-refractivity contribution >= 4 is 28.3 Å². The first-order valence-electron chi connectivity index (χ1n) is 8.97. The lowest BCUT2D eigenvalue weighted by atomic mass is 10.1. The van der Waals surface area contributed by atoms with Gasteiger partial charge in [-0.25, -0.2) is 0 Å². The molecule has 0 bridgehead atoms. The minimum Gasteiger partial charge on any atom is -0.545 e. The number of carbonyl (C=O) groups is 2. The Morgan fingerprint density at radius 1 is 0.741 bits per heavy atom. The highest BCUT2D eigenvalue weighted by Gasteiger charge is 2.24. The smallest absolute Gasteiger partial charge is 0.254 e. The van der Waals surface area contributed by atoms with Gasteiger partial charge >= 0.3 is 0 Å². The zero-order chi connectivity index (χ0) is 18.8. The van der Waals surface area contributed by atoms with E-state index in [4.69, 9.17) is 0 Å². The van der Waals surface area contributed by atoms with E-state index in [0.29, 0.717) is 26.2 Å². The quantitative estimate of drug-likeness (QED) is 0.719. The molecule has 5 heteroatoms. The Hall–Kier alpha value is -3.34. The maximum atomic E-state index is 12.8. The van der Waals surface area contributed by atoms with Crippen molar-refractivity contribution < 1.29 is 14.7 Å². The van der Waals surface area contributed by atoms with Gasteiger partial charge in [0.05, 0.1) is 5.97 Å². The Balaban J connectivity index is 1.52. The molecule has 3 aromatic rings. The van der Waals surface area contributed by atoms with Gasteiger partial charge in [-0.2, -0.15) is 0 Å². The minimum absolute atomic E-state index is 0.0565. The Morgan fingerprint density at radius 2 is 1.37 bits per heavy atom. The van der Waals surface area contributed by atoms with E-state index >= 15 is 0 Å². The Morgan fingerprint density at radius 3 is 2.11 bits per heavy atom. The zero-order valence-electron chi connectivity index (χ0n) is 14.8. The summed E-state index contributed by atoms with van der Waals surface area (Å²) in [6.45, 7) is 2.49. The molecule has 136 valence electrons. The number of benzene rings is 3. The summed E-state index contributed by atoms with van der Waals surface area (Å²) in [5.74, 6) is -1.58. The monoisotopic (exact) mass is 359 g/mol. The predicted octanol–water partition coefficient (Wildman–Crippen LogP) is 2.17. The third kappa shape index (κ3) is 3.24. The Labute approximate surface area is 157 Å². The zero-order valence-corrected chi connectivity index (χ0v) is 14.8. The molecule has 4 rings (SSSR count). The number of hydrogen-bond donors (Lipinski definition) is 0.